The highest BCUT2D eigenvalue weighted by atomic mass is 35.5. The summed E-state index contributed by atoms with van der Waals surface area (Å²) in [5.74, 6) is -1.76. The van der Waals surface area contributed by atoms with Crippen LogP contribution in [0.4, 0.5) is 0 Å². The van der Waals surface area contributed by atoms with Crippen LogP contribution in [0.2, 0.25) is 10.0 Å². The van der Waals surface area contributed by atoms with Crippen molar-refractivity contribution < 1.29 is 14.7 Å². The van der Waals surface area contributed by atoms with Gasteiger partial charge in [0.05, 0.1) is 15.6 Å². The Bertz CT molecular complexity index is 674. The van der Waals surface area contributed by atoms with Gasteiger partial charge in [0.2, 0.25) is 0 Å². The van der Waals surface area contributed by atoms with Gasteiger partial charge in [-0.15, -0.1) is 0 Å². The molecule has 108 valence electrons. The van der Waals surface area contributed by atoms with Crippen molar-refractivity contribution in [1.82, 2.24) is 5.32 Å². The lowest BCUT2D eigenvalue weighted by Gasteiger charge is -2.15. The summed E-state index contributed by atoms with van der Waals surface area (Å²) in [5.41, 5.74) is 0.600. The first-order valence-corrected chi connectivity index (χ1v) is 6.79. The molecule has 0 saturated carbocycles. The zero-order chi connectivity index (χ0) is 15.4. The van der Waals surface area contributed by atoms with Gasteiger partial charge in [-0.1, -0.05) is 59.6 Å². The van der Waals surface area contributed by atoms with Crippen molar-refractivity contribution in [2.24, 2.45) is 0 Å². The third-order valence-electron chi connectivity index (χ3n) is 2.85. The van der Waals surface area contributed by atoms with Gasteiger partial charge in [-0.25, -0.2) is 4.79 Å². The average Bonchev–Trinajstić information content (AvgIpc) is 2.48. The van der Waals surface area contributed by atoms with Crippen LogP contribution in [0.3, 0.4) is 0 Å². The number of aliphatic carboxylic acids is 1. The predicted octanol–water partition coefficient (Wildman–Crippen LogP) is 3.55. The molecule has 1 atom stereocenters. The van der Waals surface area contributed by atoms with Gasteiger partial charge < -0.3 is 10.4 Å². The topological polar surface area (TPSA) is 66.4 Å². The molecule has 0 aromatic heterocycles. The fourth-order valence-corrected chi connectivity index (χ4v) is 2.21. The highest BCUT2D eigenvalue weighted by molar-refractivity contribution is 6.43. The van der Waals surface area contributed by atoms with E-state index in [4.69, 9.17) is 23.2 Å². The number of carboxylic acid groups (broad SMARTS) is 1. The molecule has 21 heavy (non-hydrogen) atoms. The highest BCUT2D eigenvalue weighted by Gasteiger charge is 2.23. The number of benzene rings is 2. The second kappa shape index (κ2) is 6.61. The predicted molar refractivity (Wildman–Crippen MR) is 80.7 cm³/mol. The van der Waals surface area contributed by atoms with Crippen molar-refractivity contribution in [3.63, 3.8) is 0 Å². The standard InChI is InChI=1S/C15H11Cl2NO3/c16-11-8-4-7-10(12(11)17)14(19)18-13(15(20)21)9-5-2-1-3-6-9/h1-8,13H,(H,18,19)(H,20,21)/t13-/m1/s1. The Hall–Kier alpha value is -2.04. The van der Waals surface area contributed by atoms with E-state index in [9.17, 15) is 14.7 Å². The van der Waals surface area contributed by atoms with Crippen molar-refractivity contribution in [2.75, 3.05) is 0 Å². The maximum Gasteiger partial charge on any atom is 0.330 e. The number of carbonyl (C=O) groups is 2. The molecule has 2 N–H and O–H groups in total. The van der Waals surface area contributed by atoms with Gasteiger partial charge in [-0.3, -0.25) is 4.79 Å². The average molecular weight is 324 g/mol. The molecule has 0 saturated heterocycles. The number of nitrogens with one attached hydrogen (secondary N) is 1. The first kappa shape index (κ1) is 15.4. The molecule has 0 aliphatic carbocycles. The lowest BCUT2D eigenvalue weighted by molar-refractivity contribution is -0.139. The van der Waals surface area contributed by atoms with E-state index < -0.39 is 17.9 Å². The second-order valence-electron chi connectivity index (χ2n) is 4.26. The molecule has 0 spiro atoms. The van der Waals surface area contributed by atoms with Crippen molar-refractivity contribution in [3.05, 3.63) is 69.7 Å². The summed E-state index contributed by atoms with van der Waals surface area (Å²) in [6, 6.07) is 11.8. The molecule has 0 bridgehead atoms. The lowest BCUT2D eigenvalue weighted by atomic mass is 10.1. The molecule has 4 nitrogen and oxygen atoms in total. The summed E-state index contributed by atoms with van der Waals surface area (Å²) in [6.07, 6.45) is 0. The number of rotatable bonds is 4. The van der Waals surface area contributed by atoms with E-state index in [0.717, 1.165) is 0 Å². The summed E-state index contributed by atoms with van der Waals surface area (Å²) in [7, 11) is 0. The smallest absolute Gasteiger partial charge is 0.330 e. The van der Waals surface area contributed by atoms with Crippen LogP contribution in [0.25, 0.3) is 0 Å². The second-order valence-corrected chi connectivity index (χ2v) is 5.04. The number of carboxylic acids is 1. The summed E-state index contributed by atoms with van der Waals surface area (Å²) in [4.78, 5) is 23.5. The van der Waals surface area contributed by atoms with E-state index in [2.05, 4.69) is 5.32 Å². The number of carbonyl (C=O) groups excluding carboxylic acids is 1. The first-order valence-electron chi connectivity index (χ1n) is 6.03. The van der Waals surface area contributed by atoms with E-state index in [1.165, 1.54) is 6.07 Å². The maximum atomic E-state index is 12.2. The van der Waals surface area contributed by atoms with E-state index in [1.54, 1.807) is 42.5 Å². The zero-order valence-corrected chi connectivity index (χ0v) is 12.2. The van der Waals surface area contributed by atoms with Gasteiger partial charge in [0, 0.05) is 0 Å². The van der Waals surface area contributed by atoms with Crippen LogP contribution in [-0.2, 0) is 4.79 Å². The molecule has 1 amide bonds. The maximum absolute atomic E-state index is 12.2. The molecule has 0 aliphatic heterocycles. The fourth-order valence-electron chi connectivity index (χ4n) is 1.82. The summed E-state index contributed by atoms with van der Waals surface area (Å²) < 4.78 is 0. The summed E-state index contributed by atoms with van der Waals surface area (Å²) in [5, 5.41) is 12.0. The molecule has 0 radical (unpaired) electrons. The minimum atomic E-state index is -1.16. The SMILES string of the molecule is O=C(N[C@@H](C(=O)O)c1ccccc1)c1cccc(Cl)c1Cl. The highest BCUT2D eigenvalue weighted by Crippen LogP contribution is 2.26. The van der Waals surface area contributed by atoms with Crippen LogP contribution in [0, 0.1) is 0 Å². The molecule has 2 aromatic rings. The zero-order valence-electron chi connectivity index (χ0n) is 10.7. The Morgan fingerprint density at radius 1 is 1.00 bits per heavy atom. The molecular weight excluding hydrogens is 313 g/mol. The van der Waals surface area contributed by atoms with Crippen LogP contribution in [0.5, 0.6) is 0 Å². The minimum absolute atomic E-state index is 0.0915. The molecule has 0 heterocycles. The third-order valence-corrected chi connectivity index (χ3v) is 3.67. The normalized spacial score (nSPS) is 11.7. The minimum Gasteiger partial charge on any atom is -0.479 e. The van der Waals surface area contributed by atoms with Crippen LogP contribution >= 0.6 is 23.2 Å². The molecule has 0 aliphatic rings. The molecule has 2 rings (SSSR count). The van der Waals surface area contributed by atoms with E-state index >= 15 is 0 Å². The summed E-state index contributed by atoms with van der Waals surface area (Å²) in [6.45, 7) is 0. The Morgan fingerprint density at radius 2 is 1.67 bits per heavy atom. The Balaban J connectivity index is 2.28. The van der Waals surface area contributed by atoms with E-state index in [1.807, 2.05) is 0 Å². The fraction of sp³-hybridized carbons (Fsp3) is 0.0667. The van der Waals surface area contributed by atoms with Gasteiger partial charge in [0.15, 0.2) is 6.04 Å². The van der Waals surface area contributed by atoms with Crippen molar-refractivity contribution in [3.8, 4) is 0 Å². The van der Waals surface area contributed by atoms with Crippen LogP contribution in [-0.4, -0.2) is 17.0 Å². The number of amides is 1. The van der Waals surface area contributed by atoms with Gasteiger partial charge >= 0.3 is 5.97 Å². The molecule has 6 heteroatoms. The Kier molecular flexibility index (Phi) is 4.83. The van der Waals surface area contributed by atoms with Crippen molar-refractivity contribution >= 4 is 35.1 Å². The van der Waals surface area contributed by atoms with Gasteiger partial charge in [-0.2, -0.15) is 0 Å². The van der Waals surface area contributed by atoms with Gasteiger partial charge in [0.1, 0.15) is 0 Å². The van der Waals surface area contributed by atoms with Gasteiger partial charge in [-0.05, 0) is 17.7 Å². The first-order chi connectivity index (χ1) is 10.0. The largest absolute Gasteiger partial charge is 0.479 e. The van der Waals surface area contributed by atoms with E-state index in [0.29, 0.717) is 5.56 Å². The van der Waals surface area contributed by atoms with E-state index in [-0.39, 0.29) is 15.6 Å². The van der Waals surface area contributed by atoms with Crippen molar-refractivity contribution in [2.45, 2.75) is 6.04 Å². The lowest BCUT2D eigenvalue weighted by Crippen LogP contribution is -2.33. The van der Waals surface area contributed by atoms with Crippen LogP contribution in [0.15, 0.2) is 48.5 Å². The van der Waals surface area contributed by atoms with Gasteiger partial charge in [0.25, 0.3) is 5.91 Å². The third kappa shape index (κ3) is 3.54. The molecule has 0 unspecified atom stereocenters. The van der Waals surface area contributed by atoms with Crippen LogP contribution in [0.1, 0.15) is 22.0 Å². The number of hydrogen-bond acceptors (Lipinski definition) is 2. The number of hydrogen-bond donors (Lipinski definition) is 2. The van der Waals surface area contributed by atoms with Crippen molar-refractivity contribution in [1.29, 1.82) is 0 Å². The molecular formula is C15H11Cl2NO3. The monoisotopic (exact) mass is 323 g/mol. The molecule has 2 aromatic carbocycles. The number of halogens is 2. The Labute approximate surface area is 131 Å². The summed E-state index contributed by atoms with van der Waals surface area (Å²) >= 11 is 11.8. The quantitative estimate of drug-likeness (QED) is 0.904. The Morgan fingerprint density at radius 3 is 2.29 bits per heavy atom. The van der Waals surface area contributed by atoms with Crippen LogP contribution < -0.4 is 5.32 Å². The molecule has 0 fully saturated rings.